The molecule has 0 saturated heterocycles. The predicted molar refractivity (Wildman–Crippen MR) is 95.0 cm³/mol. The summed E-state index contributed by atoms with van der Waals surface area (Å²) in [7, 11) is 3.12. The Kier molecular flexibility index (Phi) is 6.80. The SMILES string of the molecule is COCOc1ccc(C=CC(=O)C=Cc2ccccc2)cc1OC. The van der Waals surface area contributed by atoms with Crippen molar-refractivity contribution in [3.05, 3.63) is 71.8 Å². The predicted octanol–water partition coefficient (Wildman–Crippen LogP) is 3.97. The molecule has 0 amide bonds. The van der Waals surface area contributed by atoms with Crippen LogP contribution in [-0.2, 0) is 9.53 Å². The molecule has 0 N–H and O–H groups in total. The van der Waals surface area contributed by atoms with Crippen molar-refractivity contribution in [1.29, 1.82) is 0 Å². The first-order valence-electron chi connectivity index (χ1n) is 7.48. The van der Waals surface area contributed by atoms with Crippen LogP contribution in [0, 0.1) is 0 Å². The summed E-state index contributed by atoms with van der Waals surface area (Å²) < 4.78 is 15.6. The Morgan fingerprint density at radius 2 is 1.62 bits per heavy atom. The van der Waals surface area contributed by atoms with Crippen LogP contribution in [-0.4, -0.2) is 26.8 Å². The average molecular weight is 324 g/mol. The van der Waals surface area contributed by atoms with Crippen LogP contribution in [0.15, 0.2) is 60.7 Å². The largest absolute Gasteiger partial charge is 0.493 e. The van der Waals surface area contributed by atoms with Crippen LogP contribution in [0.2, 0.25) is 0 Å². The van der Waals surface area contributed by atoms with Gasteiger partial charge in [0, 0.05) is 7.11 Å². The van der Waals surface area contributed by atoms with Crippen molar-refractivity contribution in [2.75, 3.05) is 21.0 Å². The second kappa shape index (κ2) is 9.33. The fourth-order valence-electron chi connectivity index (χ4n) is 2.01. The molecule has 0 atom stereocenters. The van der Waals surface area contributed by atoms with Crippen LogP contribution in [0.5, 0.6) is 11.5 Å². The van der Waals surface area contributed by atoms with E-state index >= 15 is 0 Å². The van der Waals surface area contributed by atoms with Gasteiger partial charge >= 0.3 is 0 Å². The summed E-state index contributed by atoms with van der Waals surface area (Å²) in [4.78, 5) is 11.9. The highest BCUT2D eigenvalue weighted by Crippen LogP contribution is 2.28. The van der Waals surface area contributed by atoms with Crippen LogP contribution in [0.4, 0.5) is 0 Å². The van der Waals surface area contributed by atoms with E-state index < -0.39 is 0 Å². The number of ether oxygens (including phenoxy) is 3. The first-order chi connectivity index (χ1) is 11.7. The van der Waals surface area contributed by atoms with Gasteiger partial charge in [0.25, 0.3) is 0 Å². The first-order valence-corrected chi connectivity index (χ1v) is 7.48. The number of methoxy groups -OCH3 is 2. The fourth-order valence-corrected chi connectivity index (χ4v) is 2.01. The van der Waals surface area contributed by atoms with Crippen molar-refractivity contribution in [2.45, 2.75) is 0 Å². The van der Waals surface area contributed by atoms with Crippen LogP contribution in [0.3, 0.4) is 0 Å². The fraction of sp³-hybridized carbons (Fsp3) is 0.150. The normalized spacial score (nSPS) is 11.1. The molecule has 124 valence electrons. The van der Waals surface area contributed by atoms with Gasteiger partial charge in [0.1, 0.15) is 0 Å². The Labute approximate surface area is 142 Å². The van der Waals surface area contributed by atoms with Crippen molar-refractivity contribution in [2.24, 2.45) is 0 Å². The monoisotopic (exact) mass is 324 g/mol. The maximum Gasteiger partial charge on any atom is 0.188 e. The van der Waals surface area contributed by atoms with Gasteiger partial charge in [0.2, 0.25) is 0 Å². The molecule has 0 radical (unpaired) electrons. The molecule has 4 heteroatoms. The van der Waals surface area contributed by atoms with Crippen LogP contribution >= 0.6 is 0 Å². The second-order valence-corrected chi connectivity index (χ2v) is 4.94. The Morgan fingerprint density at radius 1 is 0.917 bits per heavy atom. The van der Waals surface area contributed by atoms with Crippen LogP contribution in [0.25, 0.3) is 12.2 Å². The van der Waals surface area contributed by atoms with E-state index in [4.69, 9.17) is 14.2 Å². The van der Waals surface area contributed by atoms with E-state index in [0.29, 0.717) is 11.5 Å². The number of hydrogen-bond acceptors (Lipinski definition) is 4. The van der Waals surface area contributed by atoms with Crippen LogP contribution in [0.1, 0.15) is 11.1 Å². The first kappa shape index (κ1) is 17.5. The van der Waals surface area contributed by atoms with Crippen molar-refractivity contribution >= 4 is 17.9 Å². The Balaban J connectivity index is 2.02. The van der Waals surface area contributed by atoms with Crippen molar-refractivity contribution in [3.8, 4) is 11.5 Å². The molecule has 0 aromatic heterocycles. The standard InChI is InChI=1S/C20H20O4/c1-22-15-24-19-13-10-17(14-20(19)23-2)9-12-18(21)11-8-16-6-4-3-5-7-16/h3-14H,15H2,1-2H3. The van der Waals surface area contributed by atoms with Crippen molar-refractivity contribution in [1.82, 2.24) is 0 Å². The topological polar surface area (TPSA) is 44.8 Å². The van der Waals surface area contributed by atoms with Gasteiger partial charge in [0.05, 0.1) is 7.11 Å². The molecule has 0 fully saturated rings. The molecule has 0 aliphatic rings. The molecule has 0 spiro atoms. The summed E-state index contributed by atoms with van der Waals surface area (Å²) >= 11 is 0. The smallest absolute Gasteiger partial charge is 0.188 e. The third-order valence-electron chi connectivity index (χ3n) is 3.20. The summed E-state index contributed by atoms with van der Waals surface area (Å²) in [5, 5.41) is 0. The maximum atomic E-state index is 11.9. The minimum absolute atomic E-state index is 0.0856. The molecule has 4 nitrogen and oxygen atoms in total. The number of carbonyl (C=O) groups excluding carboxylic acids is 1. The van der Waals surface area contributed by atoms with E-state index in [1.54, 1.807) is 44.6 Å². The van der Waals surface area contributed by atoms with E-state index in [0.717, 1.165) is 11.1 Å². The summed E-state index contributed by atoms with van der Waals surface area (Å²) in [5.74, 6) is 1.09. The van der Waals surface area contributed by atoms with E-state index in [9.17, 15) is 4.79 Å². The molecule has 0 bridgehead atoms. The van der Waals surface area contributed by atoms with Gasteiger partial charge in [-0.05, 0) is 35.4 Å². The van der Waals surface area contributed by atoms with Gasteiger partial charge in [-0.2, -0.15) is 0 Å². The lowest BCUT2D eigenvalue weighted by Crippen LogP contribution is -2.00. The zero-order chi connectivity index (χ0) is 17.2. The molecular weight excluding hydrogens is 304 g/mol. The lowest BCUT2D eigenvalue weighted by Gasteiger charge is -2.10. The van der Waals surface area contributed by atoms with E-state index in [1.807, 2.05) is 36.4 Å². The van der Waals surface area contributed by atoms with Gasteiger partial charge in [-0.25, -0.2) is 0 Å². The van der Waals surface area contributed by atoms with E-state index in [1.165, 1.54) is 6.08 Å². The summed E-state index contributed by atoms with van der Waals surface area (Å²) in [6.45, 7) is 0.147. The summed E-state index contributed by atoms with van der Waals surface area (Å²) in [6, 6.07) is 15.1. The quantitative estimate of drug-likeness (QED) is 0.544. The van der Waals surface area contributed by atoms with Gasteiger partial charge in [-0.3, -0.25) is 4.79 Å². The summed E-state index contributed by atoms with van der Waals surface area (Å²) in [6.07, 6.45) is 6.58. The highest BCUT2D eigenvalue weighted by atomic mass is 16.7. The van der Waals surface area contributed by atoms with Gasteiger partial charge in [-0.1, -0.05) is 48.6 Å². The Hall–Kier alpha value is -2.85. The number of carbonyl (C=O) groups is 1. The molecule has 0 aliphatic carbocycles. The third-order valence-corrected chi connectivity index (χ3v) is 3.20. The van der Waals surface area contributed by atoms with E-state index in [-0.39, 0.29) is 12.6 Å². The molecule has 0 saturated carbocycles. The van der Waals surface area contributed by atoms with Gasteiger partial charge < -0.3 is 14.2 Å². The highest BCUT2D eigenvalue weighted by molar-refractivity contribution is 6.04. The number of allylic oxidation sites excluding steroid dienone is 2. The number of benzene rings is 2. The minimum Gasteiger partial charge on any atom is -0.493 e. The van der Waals surface area contributed by atoms with Crippen molar-refractivity contribution in [3.63, 3.8) is 0 Å². The minimum atomic E-state index is -0.0856. The number of rotatable bonds is 8. The highest BCUT2D eigenvalue weighted by Gasteiger charge is 2.04. The molecule has 2 rings (SSSR count). The third kappa shape index (κ3) is 5.41. The lowest BCUT2D eigenvalue weighted by atomic mass is 10.1. The zero-order valence-electron chi connectivity index (χ0n) is 13.8. The molecule has 24 heavy (non-hydrogen) atoms. The molecule has 2 aromatic carbocycles. The van der Waals surface area contributed by atoms with Crippen molar-refractivity contribution < 1.29 is 19.0 Å². The molecule has 0 aliphatic heterocycles. The molecule has 0 unspecified atom stereocenters. The number of ketones is 1. The lowest BCUT2D eigenvalue weighted by molar-refractivity contribution is -0.110. The summed E-state index contributed by atoms with van der Waals surface area (Å²) in [5.41, 5.74) is 1.83. The zero-order valence-corrected chi connectivity index (χ0v) is 13.8. The Bertz CT molecular complexity index is 718. The average Bonchev–Trinajstić information content (AvgIpc) is 2.64. The van der Waals surface area contributed by atoms with Gasteiger partial charge in [0.15, 0.2) is 24.1 Å². The van der Waals surface area contributed by atoms with Crippen LogP contribution < -0.4 is 9.47 Å². The number of hydrogen-bond donors (Lipinski definition) is 0. The van der Waals surface area contributed by atoms with Gasteiger partial charge in [-0.15, -0.1) is 0 Å². The van der Waals surface area contributed by atoms with E-state index in [2.05, 4.69) is 0 Å². The maximum absolute atomic E-state index is 11.9. The second-order valence-electron chi connectivity index (χ2n) is 4.94. The Morgan fingerprint density at radius 3 is 2.29 bits per heavy atom. The molecule has 2 aromatic rings. The molecular formula is C20H20O4. The molecule has 0 heterocycles.